The molecule has 2 heterocycles. The molecule has 1 aromatic carbocycles. The van der Waals surface area contributed by atoms with Crippen LogP contribution in [0.2, 0.25) is 0 Å². The number of para-hydroxylation sites is 1. The Kier molecular flexibility index (Phi) is 9.59. The summed E-state index contributed by atoms with van der Waals surface area (Å²) in [4.78, 5) is 14.9. The molecule has 150 valence electrons. The van der Waals surface area contributed by atoms with E-state index in [1.165, 1.54) is 0 Å². The van der Waals surface area contributed by atoms with Gasteiger partial charge in [-0.15, -0.1) is 24.8 Å². The number of halogens is 2. The Balaban J connectivity index is 0.00000182. The Hall–Kier alpha value is -1.80. The van der Waals surface area contributed by atoms with Crippen LogP contribution >= 0.6 is 24.8 Å². The van der Waals surface area contributed by atoms with E-state index in [4.69, 9.17) is 4.74 Å². The van der Waals surface area contributed by atoms with Gasteiger partial charge in [-0.1, -0.05) is 18.2 Å². The van der Waals surface area contributed by atoms with Crippen molar-refractivity contribution in [2.24, 2.45) is 7.05 Å². The van der Waals surface area contributed by atoms with Crippen molar-refractivity contribution in [3.05, 3.63) is 47.8 Å². The lowest BCUT2D eigenvalue weighted by molar-refractivity contribution is -0.123. The predicted molar refractivity (Wildman–Crippen MR) is 111 cm³/mol. The molecule has 0 aliphatic carbocycles. The summed E-state index contributed by atoms with van der Waals surface area (Å²) in [6.07, 6.45) is 3.56. The number of hydrogen-bond acceptors (Lipinski definition) is 5. The van der Waals surface area contributed by atoms with Crippen LogP contribution in [0.3, 0.4) is 0 Å². The van der Waals surface area contributed by atoms with Gasteiger partial charge in [0.15, 0.2) is 0 Å². The molecule has 0 spiro atoms. The Labute approximate surface area is 172 Å². The SMILES string of the molecule is CNC(C(=O)NCc1ccccc1N1CCOCC1)c1cnn(C)c1.Cl.Cl. The molecule has 1 aliphatic heterocycles. The summed E-state index contributed by atoms with van der Waals surface area (Å²) >= 11 is 0. The number of carbonyl (C=O) groups is 1. The largest absolute Gasteiger partial charge is 0.378 e. The first-order valence-electron chi connectivity index (χ1n) is 8.53. The zero-order valence-electron chi connectivity index (χ0n) is 15.6. The average Bonchev–Trinajstić information content (AvgIpc) is 3.07. The molecule has 0 saturated carbocycles. The first-order chi connectivity index (χ1) is 12.2. The third-order valence-electron chi connectivity index (χ3n) is 4.41. The van der Waals surface area contributed by atoms with Crippen LogP contribution in [-0.2, 0) is 23.1 Å². The van der Waals surface area contributed by atoms with E-state index in [0.29, 0.717) is 6.54 Å². The number of nitrogens with zero attached hydrogens (tertiary/aromatic N) is 3. The van der Waals surface area contributed by atoms with Crippen molar-refractivity contribution >= 4 is 36.4 Å². The van der Waals surface area contributed by atoms with Crippen LogP contribution in [-0.4, -0.2) is 49.0 Å². The van der Waals surface area contributed by atoms with Crippen LogP contribution in [0.5, 0.6) is 0 Å². The van der Waals surface area contributed by atoms with Gasteiger partial charge in [-0.2, -0.15) is 5.10 Å². The van der Waals surface area contributed by atoms with Crippen LogP contribution in [0, 0.1) is 0 Å². The minimum absolute atomic E-state index is 0. The molecule has 3 rings (SSSR count). The van der Waals surface area contributed by atoms with E-state index in [-0.39, 0.29) is 30.7 Å². The van der Waals surface area contributed by atoms with Gasteiger partial charge >= 0.3 is 0 Å². The summed E-state index contributed by atoms with van der Waals surface area (Å²) in [7, 11) is 3.62. The molecule has 1 atom stereocenters. The van der Waals surface area contributed by atoms with Crippen molar-refractivity contribution in [1.29, 1.82) is 0 Å². The number of morpholine rings is 1. The standard InChI is InChI=1S/C18H25N5O2.2ClH/c1-19-17(15-12-21-22(2)13-15)18(24)20-11-14-5-3-4-6-16(14)23-7-9-25-10-8-23;;/h3-6,12-13,17,19H,7-11H2,1-2H3,(H,20,24);2*1H. The topological polar surface area (TPSA) is 71.4 Å². The molecular formula is C18H27Cl2N5O2. The maximum absolute atomic E-state index is 12.6. The zero-order chi connectivity index (χ0) is 17.6. The first-order valence-corrected chi connectivity index (χ1v) is 8.53. The van der Waals surface area contributed by atoms with Gasteiger partial charge in [0.25, 0.3) is 0 Å². The summed E-state index contributed by atoms with van der Waals surface area (Å²) < 4.78 is 7.12. The number of amides is 1. The summed E-state index contributed by atoms with van der Waals surface area (Å²) in [5.41, 5.74) is 3.12. The third-order valence-corrected chi connectivity index (χ3v) is 4.41. The monoisotopic (exact) mass is 415 g/mol. The highest BCUT2D eigenvalue weighted by Crippen LogP contribution is 2.21. The van der Waals surface area contributed by atoms with Gasteiger partial charge in [0.2, 0.25) is 5.91 Å². The van der Waals surface area contributed by atoms with Crippen LogP contribution in [0.4, 0.5) is 5.69 Å². The molecule has 9 heteroatoms. The Morgan fingerprint density at radius 1 is 1.26 bits per heavy atom. The predicted octanol–water partition coefficient (Wildman–Crippen LogP) is 1.68. The number of likely N-dealkylation sites (N-methyl/N-ethyl adjacent to an activating group) is 1. The number of benzene rings is 1. The van der Waals surface area contributed by atoms with Crippen LogP contribution in [0.15, 0.2) is 36.7 Å². The normalized spacial score (nSPS) is 14.7. The molecule has 27 heavy (non-hydrogen) atoms. The lowest BCUT2D eigenvalue weighted by atomic mass is 10.1. The van der Waals surface area contributed by atoms with Gasteiger partial charge in [0.1, 0.15) is 6.04 Å². The molecule has 0 radical (unpaired) electrons. The number of hydrogen-bond donors (Lipinski definition) is 2. The van der Waals surface area contributed by atoms with Crippen molar-refractivity contribution < 1.29 is 9.53 Å². The van der Waals surface area contributed by atoms with Gasteiger partial charge in [-0.05, 0) is 18.7 Å². The molecule has 1 saturated heterocycles. The molecule has 1 amide bonds. The fraction of sp³-hybridized carbons (Fsp3) is 0.444. The summed E-state index contributed by atoms with van der Waals surface area (Å²) in [5, 5.41) is 10.2. The Morgan fingerprint density at radius 3 is 2.59 bits per heavy atom. The van der Waals surface area contributed by atoms with Crippen molar-refractivity contribution in [1.82, 2.24) is 20.4 Å². The fourth-order valence-electron chi connectivity index (χ4n) is 3.10. The number of ether oxygens (including phenoxy) is 1. The minimum Gasteiger partial charge on any atom is -0.378 e. The quantitative estimate of drug-likeness (QED) is 0.750. The van der Waals surface area contributed by atoms with E-state index >= 15 is 0 Å². The van der Waals surface area contributed by atoms with Crippen molar-refractivity contribution in [2.75, 3.05) is 38.3 Å². The van der Waals surface area contributed by atoms with E-state index in [1.54, 1.807) is 17.9 Å². The van der Waals surface area contributed by atoms with Crippen molar-refractivity contribution in [3.8, 4) is 0 Å². The lowest BCUT2D eigenvalue weighted by Crippen LogP contribution is -2.38. The lowest BCUT2D eigenvalue weighted by Gasteiger charge is -2.30. The van der Waals surface area contributed by atoms with Crippen LogP contribution < -0.4 is 15.5 Å². The van der Waals surface area contributed by atoms with Crippen LogP contribution in [0.25, 0.3) is 0 Å². The minimum atomic E-state index is -0.413. The number of carbonyl (C=O) groups excluding carboxylic acids is 1. The highest BCUT2D eigenvalue weighted by molar-refractivity contribution is 5.85. The molecule has 1 unspecified atom stereocenters. The Bertz CT molecular complexity index is 719. The Morgan fingerprint density at radius 2 is 1.96 bits per heavy atom. The number of anilines is 1. The molecule has 1 aliphatic rings. The third kappa shape index (κ3) is 5.84. The second-order valence-electron chi connectivity index (χ2n) is 6.11. The smallest absolute Gasteiger partial charge is 0.242 e. The van der Waals surface area contributed by atoms with Crippen molar-refractivity contribution in [3.63, 3.8) is 0 Å². The highest BCUT2D eigenvalue weighted by Gasteiger charge is 2.21. The maximum Gasteiger partial charge on any atom is 0.242 e. The van der Waals surface area contributed by atoms with Gasteiger partial charge in [-0.25, -0.2) is 0 Å². The van der Waals surface area contributed by atoms with Gasteiger partial charge < -0.3 is 20.3 Å². The number of aryl methyl sites for hydroxylation is 1. The van der Waals surface area contributed by atoms with Crippen molar-refractivity contribution in [2.45, 2.75) is 12.6 Å². The van der Waals surface area contributed by atoms with E-state index in [0.717, 1.165) is 43.1 Å². The first kappa shape index (κ1) is 23.2. The second-order valence-corrected chi connectivity index (χ2v) is 6.11. The summed E-state index contributed by atoms with van der Waals surface area (Å²) in [6.45, 7) is 3.72. The van der Waals surface area contributed by atoms with Gasteiger partial charge in [0.05, 0.1) is 19.4 Å². The molecular weight excluding hydrogens is 389 g/mol. The molecule has 2 aromatic rings. The number of rotatable bonds is 6. The molecule has 1 fully saturated rings. The van der Waals surface area contributed by atoms with E-state index < -0.39 is 6.04 Å². The molecule has 2 N–H and O–H groups in total. The van der Waals surface area contributed by atoms with Gasteiger partial charge in [0, 0.05) is 44.1 Å². The summed E-state index contributed by atoms with van der Waals surface area (Å²) in [6, 6.07) is 7.78. The average molecular weight is 416 g/mol. The maximum atomic E-state index is 12.6. The van der Waals surface area contributed by atoms with E-state index in [1.807, 2.05) is 25.4 Å². The van der Waals surface area contributed by atoms with E-state index in [2.05, 4.69) is 32.8 Å². The van der Waals surface area contributed by atoms with Gasteiger partial charge in [-0.3, -0.25) is 9.48 Å². The highest BCUT2D eigenvalue weighted by atomic mass is 35.5. The van der Waals surface area contributed by atoms with E-state index in [9.17, 15) is 4.79 Å². The summed E-state index contributed by atoms with van der Waals surface area (Å²) in [5.74, 6) is -0.0627. The van der Waals surface area contributed by atoms with Crippen LogP contribution in [0.1, 0.15) is 17.2 Å². The molecule has 0 bridgehead atoms. The number of nitrogens with one attached hydrogen (secondary N) is 2. The fourth-order valence-corrected chi connectivity index (χ4v) is 3.10. The zero-order valence-corrected chi connectivity index (χ0v) is 17.2. The molecule has 1 aromatic heterocycles. The molecule has 7 nitrogen and oxygen atoms in total. The second kappa shape index (κ2) is 11.1. The number of aromatic nitrogens is 2.